The molecule has 2 aromatic rings. The molecule has 0 aromatic heterocycles. The van der Waals surface area contributed by atoms with Gasteiger partial charge in [-0.2, -0.15) is 0 Å². The van der Waals surface area contributed by atoms with E-state index in [-0.39, 0.29) is 0 Å². The molecule has 1 heteroatoms. The molecule has 18 heavy (non-hydrogen) atoms. The van der Waals surface area contributed by atoms with Crippen molar-refractivity contribution in [2.45, 2.75) is 31.6 Å². The molecule has 0 radical (unpaired) electrons. The van der Waals surface area contributed by atoms with E-state index in [4.69, 9.17) is 0 Å². The van der Waals surface area contributed by atoms with E-state index in [1.807, 2.05) is 12.1 Å². The first-order chi connectivity index (χ1) is 8.83. The Morgan fingerprint density at radius 2 is 1.78 bits per heavy atom. The first-order valence-corrected chi connectivity index (χ1v) is 6.68. The lowest BCUT2D eigenvalue weighted by Gasteiger charge is -2.11. The normalized spacial score (nSPS) is 17.7. The number of hydrogen-bond acceptors (Lipinski definition) is 1. The number of hydrogen-bond donors (Lipinski definition) is 1. The SMILES string of the molecule is Oc1ccc(CCC2CCc3ccccc32)cc1. The number of phenols is 1. The fraction of sp³-hybridized carbons (Fsp3) is 0.294. The molecular formula is C17H18O. The minimum atomic E-state index is 0.352. The smallest absolute Gasteiger partial charge is 0.115 e. The third-order valence-electron chi connectivity index (χ3n) is 3.97. The maximum absolute atomic E-state index is 9.27. The summed E-state index contributed by atoms with van der Waals surface area (Å²) >= 11 is 0. The topological polar surface area (TPSA) is 20.2 Å². The van der Waals surface area contributed by atoms with Crippen LogP contribution in [-0.4, -0.2) is 5.11 Å². The highest BCUT2D eigenvalue weighted by atomic mass is 16.3. The summed E-state index contributed by atoms with van der Waals surface area (Å²) in [6, 6.07) is 16.4. The molecule has 0 saturated carbocycles. The Bertz CT molecular complexity index is 528. The van der Waals surface area contributed by atoms with Crippen molar-refractivity contribution in [3.63, 3.8) is 0 Å². The zero-order chi connectivity index (χ0) is 12.4. The van der Waals surface area contributed by atoms with Gasteiger partial charge in [-0.1, -0.05) is 36.4 Å². The van der Waals surface area contributed by atoms with E-state index in [0.29, 0.717) is 5.75 Å². The summed E-state index contributed by atoms with van der Waals surface area (Å²) in [7, 11) is 0. The number of aromatic hydroxyl groups is 1. The Kier molecular flexibility index (Phi) is 3.06. The summed E-state index contributed by atoms with van der Waals surface area (Å²) < 4.78 is 0. The van der Waals surface area contributed by atoms with Gasteiger partial charge in [0.15, 0.2) is 0 Å². The van der Waals surface area contributed by atoms with Crippen LogP contribution in [0.3, 0.4) is 0 Å². The minimum absolute atomic E-state index is 0.352. The van der Waals surface area contributed by atoms with Gasteiger partial charge in [0.25, 0.3) is 0 Å². The van der Waals surface area contributed by atoms with Gasteiger partial charge in [-0.3, -0.25) is 0 Å². The fourth-order valence-corrected chi connectivity index (χ4v) is 2.95. The standard InChI is InChI=1S/C17H18O/c18-16-11-6-13(7-12-16)5-8-15-10-9-14-3-1-2-4-17(14)15/h1-4,6-7,11-12,15,18H,5,8-10H2. The van der Waals surface area contributed by atoms with E-state index in [1.54, 1.807) is 17.7 Å². The quantitative estimate of drug-likeness (QED) is 0.855. The maximum Gasteiger partial charge on any atom is 0.115 e. The van der Waals surface area contributed by atoms with Crippen LogP contribution in [0.5, 0.6) is 5.75 Å². The Hall–Kier alpha value is -1.76. The average molecular weight is 238 g/mol. The van der Waals surface area contributed by atoms with Crippen LogP contribution in [0.4, 0.5) is 0 Å². The number of phenolic OH excluding ortho intramolecular Hbond substituents is 1. The number of fused-ring (bicyclic) bond motifs is 1. The van der Waals surface area contributed by atoms with E-state index in [2.05, 4.69) is 24.3 Å². The Morgan fingerprint density at radius 3 is 2.61 bits per heavy atom. The van der Waals surface area contributed by atoms with Crippen LogP contribution in [-0.2, 0) is 12.8 Å². The second kappa shape index (κ2) is 4.85. The summed E-state index contributed by atoms with van der Waals surface area (Å²) in [6.45, 7) is 0. The third kappa shape index (κ3) is 2.26. The molecular weight excluding hydrogens is 220 g/mol. The highest BCUT2D eigenvalue weighted by Gasteiger charge is 2.21. The van der Waals surface area contributed by atoms with Crippen molar-refractivity contribution in [3.05, 3.63) is 65.2 Å². The van der Waals surface area contributed by atoms with Crippen LogP contribution < -0.4 is 0 Å². The van der Waals surface area contributed by atoms with Crippen LogP contribution in [0.15, 0.2) is 48.5 Å². The van der Waals surface area contributed by atoms with Crippen molar-refractivity contribution in [2.75, 3.05) is 0 Å². The molecule has 92 valence electrons. The monoisotopic (exact) mass is 238 g/mol. The highest BCUT2D eigenvalue weighted by molar-refractivity contribution is 5.35. The first kappa shape index (κ1) is 11.3. The van der Waals surface area contributed by atoms with Crippen LogP contribution >= 0.6 is 0 Å². The van der Waals surface area contributed by atoms with Crippen molar-refractivity contribution in [2.24, 2.45) is 0 Å². The van der Waals surface area contributed by atoms with Crippen LogP contribution in [0.2, 0.25) is 0 Å². The highest BCUT2D eigenvalue weighted by Crippen LogP contribution is 2.35. The lowest BCUT2D eigenvalue weighted by atomic mass is 9.94. The molecule has 1 aliphatic rings. The van der Waals surface area contributed by atoms with Gasteiger partial charge in [0.1, 0.15) is 5.75 Å². The molecule has 1 N–H and O–H groups in total. The molecule has 0 saturated heterocycles. The zero-order valence-corrected chi connectivity index (χ0v) is 10.5. The minimum Gasteiger partial charge on any atom is -0.508 e. The van der Waals surface area contributed by atoms with Gasteiger partial charge < -0.3 is 5.11 Å². The number of aryl methyl sites for hydroxylation is 2. The van der Waals surface area contributed by atoms with Crippen molar-refractivity contribution in [1.29, 1.82) is 0 Å². The molecule has 0 heterocycles. The molecule has 1 atom stereocenters. The molecule has 0 amide bonds. The van der Waals surface area contributed by atoms with E-state index < -0.39 is 0 Å². The molecule has 2 aromatic carbocycles. The Morgan fingerprint density at radius 1 is 1.00 bits per heavy atom. The van der Waals surface area contributed by atoms with E-state index >= 15 is 0 Å². The zero-order valence-electron chi connectivity index (χ0n) is 10.5. The maximum atomic E-state index is 9.27. The lowest BCUT2D eigenvalue weighted by molar-refractivity contribution is 0.475. The van der Waals surface area contributed by atoms with Gasteiger partial charge in [-0.15, -0.1) is 0 Å². The second-order valence-electron chi connectivity index (χ2n) is 5.14. The first-order valence-electron chi connectivity index (χ1n) is 6.68. The van der Waals surface area contributed by atoms with E-state index in [0.717, 1.165) is 12.3 Å². The molecule has 1 nitrogen and oxygen atoms in total. The van der Waals surface area contributed by atoms with Crippen LogP contribution in [0.25, 0.3) is 0 Å². The van der Waals surface area contributed by atoms with Gasteiger partial charge in [0.05, 0.1) is 0 Å². The summed E-state index contributed by atoms with van der Waals surface area (Å²) in [5.74, 6) is 1.07. The molecule has 1 unspecified atom stereocenters. The van der Waals surface area contributed by atoms with E-state index in [9.17, 15) is 5.11 Å². The van der Waals surface area contributed by atoms with Crippen molar-refractivity contribution >= 4 is 0 Å². The second-order valence-corrected chi connectivity index (χ2v) is 5.14. The molecule has 3 rings (SSSR count). The summed E-state index contributed by atoms with van der Waals surface area (Å²) in [5.41, 5.74) is 4.40. The van der Waals surface area contributed by atoms with Crippen LogP contribution in [0, 0.1) is 0 Å². The summed E-state index contributed by atoms with van der Waals surface area (Å²) in [6.07, 6.45) is 4.83. The van der Waals surface area contributed by atoms with Gasteiger partial charge in [-0.25, -0.2) is 0 Å². The Balaban J connectivity index is 1.67. The summed E-state index contributed by atoms with van der Waals surface area (Å²) in [5, 5.41) is 9.27. The van der Waals surface area contributed by atoms with Gasteiger partial charge >= 0.3 is 0 Å². The van der Waals surface area contributed by atoms with E-state index in [1.165, 1.54) is 30.4 Å². The molecule has 0 fully saturated rings. The number of rotatable bonds is 3. The van der Waals surface area contributed by atoms with Crippen molar-refractivity contribution in [1.82, 2.24) is 0 Å². The molecule has 0 aliphatic heterocycles. The van der Waals surface area contributed by atoms with Crippen molar-refractivity contribution < 1.29 is 5.11 Å². The van der Waals surface area contributed by atoms with Gasteiger partial charge in [0.2, 0.25) is 0 Å². The van der Waals surface area contributed by atoms with Crippen LogP contribution in [0.1, 0.15) is 35.4 Å². The third-order valence-corrected chi connectivity index (χ3v) is 3.97. The number of benzene rings is 2. The molecule has 1 aliphatic carbocycles. The predicted molar refractivity (Wildman–Crippen MR) is 73.9 cm³/mol. The fourth-order valence-electron chi connectivity index (χ4n) is 2.95. The Labute approximate surface area is 108 Å². The summed E-state index contributed by atoms with van der Waals surface area (Å²) in [4.78, 5) is 0. The predicted octanol–water partition coefficient (Wildman–Crippen LogP) is 4.05. The molecule has 0 bridgehead atoms. The van der Waals surface area contributed by atoms with Gasteiger partial charge in [0, 0.05) is 0 Å². The largest absolute Gasteiger partial charge is 0.508 e. The average Bonchev–Trinajstić information content (AvgIpc) is 2.82. The molecule has 0 spiro atoms. The van der Waals surface area contributed by atoms with Gasteiger partial charge in [-0.05, 0) is 60.4 Å². The lowest BCUT2D eigenvalue weighted by Crippen LogP contribution is -1.96. The van der Waals surface area contributed by atoms with Crippen molar-refractivity contribution in [3.8, 4) is 5.75 Å².